The Labute approximate surface area is 75.5 Å². The van der Waals surface area contributed by atoms with Crippen LogP contribution in [0.1, 0.15) is 12.6 Å². The second-order valence-corrected chi connectivity index (χ2v) is 2.23. The van der Waals surface area contributed by atoms with E-state index in [0.717, 1.165) is 0 Å². The molecule has 0 aliphatic heterocycles. The van der Waals surface area contributed by atoms with Crippen LogP contribution in [-0.4, -0.2) is 23.2 Å². The van der Waals surface area contributed by atoms with Gasteiger partial charge in [-0.3, -0.25) is 0 Å². The molecule has 0 spiro atoms. The van der Waals surface area contributed by atoms with Crippen LogP contribution in [0.3, 0.4) is 0 Å². The van der Waals surface area contributed by atoms with Crippen molar-refractivity contribution >= 4 is 11.8 Å². The number of isocyanates is 1. The summed E-state index contributed by atoms with van der Waals surface area (Å²) in [5.74, 6) is 0.301. The SMILES string of the molecule is CCc1ncnc(OC)c1N=C=O. The van der Waals surface area contributed by atoms with Gasteiger partial charge in [-0.25, -0.2) is 9.78 Å². The summed E-state index contributed by atoms with van der Waals surface area (Å²) >= 11 is 0. The molecule has 1 heterocycles. The number of hydrogen-bond donors (Lipinski definition) is 0. The molecule has 0 saturated carbocycles. The van der Waals surface area contributed by atoms with Gasteiger partial charge in [-0.1, -0.05) is 6.92 Å². The lowest BCUT2D eigenvalue weighted by molar-refractivity contribution is 0.397. The zero-order valence-electron chi connectivity index (χ0n) is 7.44. The summed E-state index contributed by atoms with van der Waals surface area (Å²) in [5.41, 5.74) is 1.04. The molecule has 1 aromatic rings. The molecule has 0 aromatic carbocycles. The van der Waals surface area contributed by atoms with Crippen LogP contribution in [0.5, 0.6) is 5.88 Å². The van der Waals surface area contributed by atoms with Gasteiger partial charge in [-0.15, -0.1) is 0 Å². The number of aromatic nitrogens is 2. The average Bonchev–Trinajstić information content (AvgIpc) is 2.18. The second kappa shape index (κ2) is 4.33. The Kier molecular flexibility index (Phi) is 3.11. The van der Waals surface area contributed by atoms with E-state index in [1.165, 1.54) is 19.5 Å². The predicted molar refractivity (Wildman–Crippen MR) is 45.7 cm³/mol. The Hall–Kier alpha value is -1.74. The van der Waals surface area contributed by atoms with Crippen LogP contribution in [0.4, 0.5) is 5.69 Å². The lowest BCUT2D eigenvalue weighted by Gasteiger charge is -2.03. The van der Waals surface area contributed by atoms with Crippen LogP contribution in [0.15, 0.2) is 11.3 Å². The Bertz CT molecular complexity index is 323. The fourth-order valence-electron chi connectivity index (χ4n) is 0.963. The minimum absolute atomic E-state index is 0.301. The fourth-order valence-corrected chi connectivity index (χ4v) is 0.963. The van der Waals surface area contributed by atoms with E-state index in [4.69, 9.17) is 4.74 Å². The molecule has 0 aliphatic carbocycles. The first-order valence-electron chi connectivity index (χ1n) is 3.79. The van der Waals surface area contributed by atoms with Crippen LogP contribution in [0.2, 0.25) is 0 Å². The molecule has 1 aromatic heterocycles. The van der Waals surface area contributed by atoms with Gasteiger partial charge in [0.2, 0.25) is 12.0 Å². The van der Waals surface area contributed by atoms with Crippen molar-refractivity contribution in [2.45, 2.75) is 13.3 Å². The normalized spacial score (nSPS) is 9.08. The molecule has 0 bridgehead atoms. The predicted octanol–water partition coefficient (Wildman–Crippen LogP) is 1.01. The number of ether oxygens (including phenoxy) is 1. The maximum atomic E-state index is 10.1. The summed E-state index contributed by atoms with van der Waals surface area (Å²) in [5, 5.41) is 0. The zero-order valence-corrected chi connectivity index (χ0v) is 7.44. The molecule has 13 heavy (non-hydrogen) atoms. The largest absolute Gasteiger partial charge is 0.479 e. The minimum atomic E-state index is 0.301. The minimum Gasteiger partial charge on any atom is -0.479 e. The van der Waals surface area contributed by atoms with E-state index in [0.29, 0.717) is 23.7 Å². The number of nitrogens with zero attached hydrogens (tertiary/aromatic N) is 3. The number of rotatable bonds is 3. The molecule has 0 atom stereocenters. The standard InChI is InChI=1S/C8H9N3O2/c1-3-6-7(11-5-12)8(13-2)10-4-9-6/h4H,3H2,1-2H3. The van der Waals surface area contributed by atoms with Crippen molar-refractivity contribution in [3.63, 3.8) is 0 Å². The maximum Gasteiger partial charge on any atom is 0.244 e. The lowest BCUT2D eigenvalue weighted by atomic mass is 10.3. The highest BCUT2D eigenvalue weighted by Crippen LogP contribution is 2.26. The fraction of sp³-hybridized carbons (Fsp3) is 0.375. The van der Waals surface area contributed by atoms with Crippen molar-refractivity contribution in [1.29, 1.82) is 0 Å². The molecule has 0 fully saturated rings. The zero-order chi connectivity index (χ0) is 9.68. The van der Waals surface area contributed by atoms with Crippen LogP contribution in [0, 0.1) is 0 Å². The molecule has 0 radical (unpaired) electrons. The Balaban J connectivity index is 3.28. The molecule has 1 rings (SSSR count). The van der Waals surface area contributed by atoms with E-state index in [1.807, 2.05) is 6.92 Å². The van der Waals surface area contributed by atoms with Gasteiger partial charge in [0.15, 0.2) is 5.69 Å². The van der Waals surface area contributed by atoms with Crippen molar-refractivity contribution in [3.8, 4) is 5.88 Å². The molecule has 0 amide bonds. The molecule has 5 nitrogen and oxygen atoms in total. The van der Waals surface area contributed by atoms with Gasteiger partial charge in [-0.2, -0.15) is 9.98 Å². The van der Waals surface area contributed by atoms with E-state index < -0.39 is 0 Å². The number of aliphatic imine (C=N–C) groups is 1. The molecule has 0 N–H and O–H groups in total. The molecular weight excluding hydrogens is 170 g/mol. The van der Waals surface area contributed by atoms with Gasteiger partial charge in [0.1, 0.15) is 6.33 Å². The van der Waals surface area contributed by atoms with Gasteiger partial charge in [0.25, 0.3) is 0 Å². The van der Waals surface area contributed by atoms with Crippen LogP contribution < -0.4 is 4.74 Å². The lowest BCUT2D eigenvalue weighted by Crippen LogP contribution is -1.94. The van der Waals surface area contributed by atoms with Gasteiger partial charge in [-0.05, 0) is 6.42 Å². The molecule has 5 heteroatoms. The Morgan fingerprint density at radius 1 is 1.62 bits per heavy atom. The smallest absolute Gasteiger partial charge is 0.244 e. The molecule has 0 unspecified atom stereocenters. The van der Waals surface area contributed by atoms with Crippen molar-refractivity contribution in [2.24, 2.45) is 4.99 Å². The van der Waals surface area contributed by atoms with Gasteiger partial charge < -0.3 is 4.74 Å². The number of carbonyl (C=O) groups excluding carboxylic acids is 1. The maximum absolute atomic E-state index is 10.1. The third-order valence-corrected chi connectivity index (χ3v) is 1.55. The van der Waals surface area contributed by atoms with Crippen LogP contribution in [-0.2, 0) is 11.2 Å². The summed E-state index contributed by atoms with van der Waals surface area (Å²) in [6.07, 6.45) is 3.49. The van der Waals surface area contributed by atoms with Crippen molar-refractivity contribution < 1.29 is 9.53 Å². The third-order valence-electron chi connectivity index (χ3n) is 1.55. The number of aryl methyl sites for hydroxylation is 1. The van der Waals surface area contributed by atoms with E-state index in [-0.39, 0.29) is 0 Å². The van der Waals surface area contributed by atoms with Crippen molar-refractivity contribution in [1.82, 2.24) is 9.97 Å². The number of methoxy groups -OCH3 is 1. The summed E-state index contributed by atoms with van der Waals surface area (Å²) in [6.45, 7) is 1.91. The van der Waals surface area contributed by atoms with Gasteiger partial charge in [0.05, 0.1) is 12.8 Å². The topological polar surface area (TPSA) is 64.4 Å². The van der Waals surface area contributed by atoms with E-state index in [9.17, 15) is 4.79 Å². The summed E-state index contributed by atoms with van der Waals surface area (Å²) < 4.78 is 4.92. The first kappa shape index (κ1) is 9.35. The van der Waals surface area contributed by atoms with Gasteiger partial charge >= 0.3 is 0 Å². The summed E-state index contributed by atoms with van der Waals surface area (Å²) in [7, 11) is 1.46. The summed E-state index contributed by atoms with van der Waals surface area (Å²) in [6, 6.07) is 0. The Morgan fingerprint density at radius 3 is 2.92 bits per heavy atom. The van der Waals surface area contributed by atoms with E-state index >= 15 is 0 Å². The Morgan fingerprint density at radius 2 is 2.38 bits per heavy atom. The monoisotopic (exact) mass is 179 g/mol. The van der Waals surface area contributed by atoms with E-state index in [2.05, 4.69) is 15.0 Å². The molecule has 68 valence electrons. The highest BCUT2D eigenvalue weighted by Gasteiger charge is 2.08. The van der Waals surface area contributed by atoms with E-state index in [1.54, 1.807) is 0 Å². The third kappa shape index (κ3) is 1.89. The van der Waals surface area contributed by atoms with Gasteiger partial charge in [0, 0.05) is 0 Å². The van der Waals surface area contributed by atoms with Crippen molar-refractivity contribution in [2.75, 3.05) is 7.11 Å². The quantitative estimate of drug-likeness (QED) is 0.513. The van der Waals surface area contributed by atoms with Crippen LogP contribution in [0.25, 0.3) is 0 Å². The highest BCUT2D eigenvalue weighted by atomic mass is 16.5. The number of hydrogen-bond acceptors (Lipinski definition) is 5. The first-order valence-corrected chi connectivity index (χ1v) is 3.79. The highest BCUT2D eigenvalue weighted by molar-refractivity contribution is 5.57. The molecule has 0 aliphatic rings. The van der Waals surface area contributed by atoms with Crippen molar-refractivity contribution in [3.05, 3.63) is 12.0 Å². The first-order chi connectivity index (χ1) is 6.33. The summed E-state index contributed by atoms with van der Waals surface area (Å²) in [4.78, 5) is 21.4. The average molecular weight is 179 g/mol. The van der Waals surface area contributed by atoms with Crippen LogP contribution >= 0.6 is 0 Å². The molecular formula is C8H9N3O2. The molecule has 0 saturated heterocycles. The second-order valence-electron chi connectivity index (χ2n) is 2.23.